The summed E-state index contributed by atoms with van der Waals surface area (Å²) in [6.45, 7) is 2.14. The van der Waals surface area contributed by atoms with Gasteiger partial charge in [0.1, 0.15) is 11.9 Å². The van der Waals surface area contributed by atoms with Crippen LogP contribution in [-0.4, -0.2) is 19.5 Å². The Morgan fingerprint density at radius 1 is 0.600 bits per heavy atom. The van der Waals surface area contributed by atoms with Gasteiger partial charge in [-0.2, -0.15) is 0 Å². The number of fused-ring (bicyclic) bond motifs is 7. The minimum absolute atomic E-state index is 0.00884. The van der Waals surface area contributed by atoms with E-state index in [4.69, 9.17) is 19.7 Å². The number of ether oxygens (including phenoxy) is 1. The highest BCUT2D eigenvalue weighted by Crippen LogP contribution is 2.55. The fourth-order valence-electron chi connectivity index (χ4n) is 6.96. The van der Waals surface area contributed by atoms with Crippen molar-refractivity contribution in [1.82, 2.24) is 19.5 Å². The van der Waals surface area contributed by atoms with E-state index in [2.05, 4.69) is 90.4 Å². The largest absolute Gasteiger partial charge is 0.484 e. The van der Waals surface area contributed by atoms with Gasteiger partial charge in [-0.1, -0.05) is 109 Å². The molecule has 0 saturated heterocycles. The summed E-state index contributed by atoms with van der Waals surface area (Å²) in [5.74, 6) is 2.85. The Morgan fingerprint density at radius 3 is 1.89 bits per heavy atom. The number of hydrogen-bond acceptors (Lipinski definition) is 4. The van der Waals surface area contributed by atoms with Gasteiger partial charge in [0.15, 0.2) is 17.5 Å². The lowest BCUT2D eigenvalue weighted by Gasteiger charge is -2.23. The molecule has 2 aliphatic rings. The average Bonchev–Trinajstić information content (AvgIpc) is 3.65. The second-order valence-corrected chi connectivity index (χ2v) is 11.6. The summed E-state index contributed by atoms with van der Waals surface area (Å²) >= 11 is 0. The first-order valence-electron chi connectivity index (χ1n) is 15.3. The SMILES string of the molecule is Cc1ccc2c(c1-c1nc(-c3ccccc3)nc(-c3ccccc3)n1)C1C=Cc3c(c4ccccc4n3-c3ccccc3)C1O2. The predicted molar refractivity (Wildman–Crippen MR) is 179 cm³/mol. The third kappa shape index (κ3) is 4.05. The topological polar surface area (TPSA) is 52.8 Å². The molecule has 0 N–H and O–H groups in total. The van der Waals surface area contributed by atoms with E-state index in [-0.39, 0.29) is 12.0 Å². The molecule has 7 aromatic rings. The Bertz CT molecular complexity index is 2200. The Balaban J connectivity index is 1.24. The second-order valence-electron chi connectivity index (χ2n) is 11.6. The monoisotopic (exact) mass is 580 g/mol. The van der Waals surface area contributed by atoms with Crippen molar-refractivity contribution in [2.45, 2.75) is 18.9 Å². The van der Waals surface area contributed by atoms with Crippen LogP contribution >= 0.6 is 0 Å². The molecule has 2 unspecified atom stereocenters. The van der Waals surface area contributed by atoms with Crippen LogP contribution in [0, 0.1) is 6.92 Å². The molecule has 2 aromatic heterocycles. The minimum Gasteiger partial charge on any atom is -0.484 e. The summed E-state index contributed by atoms with van der Waals surface area (Å²) in [6, 6.07) is 43.7. The maximum absolute atomic E-state index is 6.91. The summed E-state index contributed by atoms with van der Waals surface area (Å²) in [4.78, 5) is 15.1. The number of nitrogens with zero attached hydrogens (tertiary/aromatic N) is 4. The number of para-hydroxylation sites is 2. The molecular weight excluding hydrogens is 552 g/mol. The molecule has 0 saturated carbocycles. The highest BCUT2D eigenvalue weighted by Gasteiger charge is 2.42. The van der Waals surface area contributed by atoms with Gasteiger partial charge in [-0.25, -0.2) is 15.0 Å². The van der Waals surface area contributed by atoms with E-state index in [0.717, 1.165) is 44.9 Å². The molecule has 0 spiro atoms. The van der Waals surface area contributed by atoms with Gasteiger partial charge in [-0.05, 0) is 42.8 Å². The first kappa shape index (κ1) is 25.7. The van der Waals surface area contributed by atoms with E-state index in [0.29, 0.717) is 17.5 Å². The molecule has 1 aliphatic heterocycles. The quantitative estimate of drug-likeness (QED) is 0.208. The number of rotatable bonds is 4. The first-order chi connectivity index (χ1) is 22.2. The van der Waals surface area contributed by atoms with Crippen molar-refractivity contribution in [3.8, 4) is 45.6 Å². The van der Waals surface area contributed by atoms with Gasteiger partial charge >= 0.3 is 0 Å². The van der Waals surface area contributed by atoms with Gasteiger partial charge in [0.25, 0.3) is 0 Å². The zero-order valence-electron chi connectivity index (χ0n) is 24.6. The maximum atomic E-state index is 6.91. The molecule has 5 nitrogen and oxygen atoms in total. The molecule has 3 heterocycles. The number of benzene rings is 5. The van der Waals surface area contributed by atoms with E-state index < -0.39 is 0 Å². The lowest BCUT2D eigenvalue weighted by atomic mass is 9.82. The van der Waals surface area contributed by atoms with Crippen molar-refractivity contribution in [3.05, 3.63) is 156 Å². The van der Waals surface area contributed by atoms with E-state index in [1.165, 1.54) is 16.5 Å². The molecule has 0 fully saturated rings. The normalized spacial score (nSPS) is 16.2. The minimum atomic E-state index is -0.167. The van der Waals surface area contributed by atoms with Crippen molar-refractivity contribution in [1.29, 1.82) is 0 Å². The summed E-state index contributed by atoms with van der Waals surface area (Å²) in [5, 5.41) is 1.21. The van der Waals surface area contributed by atoms with Crippen molar-refractivity contribution in [3.63, 3.8) is 0 Å². The zero-order chi connectivity index (χ0) is 29.9. The van der Waals surface area contributed by atoms with Gasteiger partial charge in [0.2, 0.25) is 0 Å². The van der Waals surface area contributed by atoms with Crippen molar-refractivity contribution in [2.24, 2.45) is 0 Å². The van der Waals surface area contributed by atoms with Gasteiger partial charge in [0.05, 0.1) is 11.2 Å². The Morgan fingerprint density at radius 2 is 1.20 bits per heavy atom. The molecule has 0 bridgehead atoms. The van der Waals surface area contributed by atoms with E-state index in [9.17, 15) is 0 Å². The third-order valence-electron chi connectivity index (χ3n) is 8.96. The Hall–Kier alpha value is -5.81. The lowest BCUT2D eigenvalue weighted by Crippen LogP contribution is -2.14. The van der Waals surface area contributed by atoms with E-state index >= 15 is 0 Å². The molecule has 45 heavy (non-hydrogen) atoms. The molecule has 214 valence electrons. The molecule has 9 rings (SSSR count). The van der Waals surface area contributed by atoms with Crippen LogP contribution in [0.4, 0.5) is 0 Å². The number of aromatic nitrogens is 4. The highest BCUT2D eigenvalue weighted by molar-refractivity contribution is 5.92. The van der Waals surface area contributed by atoms with E-state index in [1.807, 2.05) is 60.7 Å². The van der Waals surface area contributed by atoms with Crippen LogP contribution in [0.2, 0.25) is 0 Å². The summed E-state index contributed by atoms with van der Waals surface area (Å²) < 4.78 is 9.25. The van der Waals surface area contributed by atoms with Crippen LogP contribution in [-0.2, 0) is 0 Å². The average molecular weight is 581 g/mol. The fourth-order valence-corrected chi connectivity index (χ4v) is 6.96. The Labute approximate surface area is 261 Å². The molecule has 0 amide bonds. The lowest BCUT2D eigenvalue weighted by molar-refractivity contribution is 0.224. The molecule has 5 heteroatoms. The maximum Gasteiger partial charge on any atom is 0.164 e. The van der Waals surface area contributed by atoms with Gasteiger partial charge in [0, 0.05) is 44.8 Å². The van der Waals surface area contributed by atoms with Gasteiger partial charge in [-0.3, -0.25) is 0 Å². The molecule has 2 atom stereocenters. The predicted octanol–water partition coefficient (Wildman–Crippen LogP) is 9.37. The van der Waals surface area contributed by atoms with Crippen LogP contribution in [0.5, 0.6) is 5.75 Å². The van der Waals surface area contributed by atoms with Crippen molar-refractivity contribution < 1.29 is 4.74 Å². The van der Waals surface area contributed by atoms with Crippen LogP contribution in [0.15, 0.2) is 133 Å². The van der Waals surface area contributed by atoms with Crippen LogP contribution in [0.3, 0.4) is 0 Å². The summed E-state index contributed by atoms with van der Waals surface area (Å²) in [7, 11) is 0. The van der Waals surface area contributed by atoms with Crippen LogP contribution in [0.25, 0.3) is 56.8 Å². The third-order valence-corrected chi connectivity index (χ3v) is 8.96. The van der Waals surface area contributed by atoms with Crippen LogP contribution < -0.4 is 4.74 Å². The number of hydrogen-bond donors (Lipinski definition) is 0. The smallest absolute Gasteiger partial charge is 0.164 e. The van der Waals surface area contributed by atoms with E-state index in [1.54, 1.807) is 0 Å². The molecule has 0 radical (unpaired) electrons. The van der Waals surface area contributed by atoms with Crippen molar-refractivity contribution >= 4 is 17.0 Å². The highest BCUT2D eigenvalue weighted by atomic mass is 16.5. The summed E-state index contributed by atoms with van der Waals surface area (Å²) in [5.41, 5.74) is 9.83. The second kappa shape index (κ2) is 10.1. The summed E-state index contributed by atoms with van der Waals surface area (Å²) in [6.07, 6.45) is 4.41. The molecular formula is C40H28N4O. The molecule has 5 aromatic carbocycles. The van der Waals surface area contributed by atoms with Crippen LogP contribution in [0.1, 0.15) is 34.4 Å². The van der Waals surface area contributed by atoms with Crippen molar-refractivity contribution in [2.75, 3.05) is 0 Å². The zero-order valence-corrected chi connectivity index (χ0v) is 24.6. The number of aryl methyl sites for hydroxylation is 1. The Kier molecular flexibility index (Phi) is 5.78. The molecule has 1 aliphatic carbocycles. The standard InChI is InChI=1S/C40H28N4O/c1-25-21-24-33-36(34(25)40-42-38(26-13-5-2-6-14-26)41-39(43-40)27-15-7-3-8-16-27)30-22-23-32-35(37(30)45-33)29-19-11-12-20-31(29)44(32)28-17-9-4-10-18-28/h2-24,30,37H,1H3. The fraction of sp³-hybridized carbons (Fsp3) is 0.0750. The van der Waals surface area contributed by atoms with Gasteiger partial charge in [-0.15, -0.1) is 0 Å². The van der Waals surface area contributed by atoms with Gasteiger partial charge < -0.3 is 9.30 Å². The first-order valence-corrected chi connectivity index (χ1v) is 15.3.